The summed E-state index contributed by atoms with van der Waals surface area (Å²) in [5.74, 6) is -1.22. The summed E-state index contributed by atoms with van der Waals surface area (Å²) in [5.41, 5.74) is 1.06. The second-order valence-electron chi connectivity index (χ2n) is 5.54. The maximum atomic E-state index is 12.3. The number of carbonyl (C=O) groups excluding carboxylic acids is 1. The van der Waals surface area contributed by atoms with Crippen LogP contribution in [-0.2, 0) is 16.0 Å². The highest BCUT2D eigenvalue weighted by Gasteiger charge is 2.34. The molecule has 1 aliphatic rings. The summed E-state index contributed by atoms with van der Waals surface area (Å²) < 4.78 is 0. The van der Waals surface area contributed by atoms with Crippen LogP contribution >= 0.6 is 11.6 Å². The number of aryl methyl sites for hydroxylation is 1. The van der Waals surface area contributed by atoms with Gasteiger partial charge in [-0.2, -0.15) is 0 Å². The molecule has 2 atom stereocenters. The minimum atomic E-state index is -0.808. The van der Waals surface area contributed by atoms with Crippen molar-refractivity contribution >= 4 is 23.5 Å². The molecule has 1 saturated heterocycles. The number of carboxylic acids is 1. The van der Waals surface area contributed by atoms with E-state index < -0.39 is 11.9 Å². The van der Waals surface area contributed by atoms with Crippen LogP contribution in [0.4, 0.5) is 0 Å². The van der Waals surface area contributed by atoms with Crippen LogP contribution in [-0.4, -0.2) is 34.5 Å². The Hall–Kier alpha value is -1.55. The fourth-order valence-electron chi connectivity index (χ4n) is 2.87. The first-order valence-electron chi connectivity index (χ1n) is 7.25. The van der Waals surface area contributed by atoms with E-state index in [0.29, 0.717) is 30.8 Å². The average Bonchev–Trinajstić information content (AvgIpc) is 2.46. The molecule has 0 unspecified atom stereocenters. The third-order valence-electron chi connectivity index (χ3n) is 4.17. The molecule has 0 aromatic heterocycles. The summed E-state index contributed by atoms with van der Waals surface area (Å²) in [6.07, 6.45) is 2.46. The fraction of sp³-hybridized carbons (Fsp3) is 0.500. The first kappa shape index (κ1) is 15.8. The SMILES string of the molecule is C[C@@H]1[C@H](C(=O)O)CCCN1C(=O)CCc1ccc(Cl)cc1. The van der Waals surface area contributed by atoms with Gasteiger partial charge in [0.2, 0.25) is 5.91 Å². The Morgan fingerprint density at radius 1 is 1.33 bits per heavy atom. The van der Waals surface area contributed by atoms with Crippen molar-refractivity contribution in [2.75, 3.05) is 6.54 Å². The third-order valence-corrected chi connectivity index (χ3v) is 4.42. The molecule has 1 heterocycles. The Labute approximate surface area is 129 Å². The number of halogens is 1. The monoisotopic (exact) mass is 309 g/mol. The zero-order chi connectivity index (χ0) is 15.4. The number of hydrogen-bond donors (Lipinski definition) is 1. The third kappa shape index (κ3) is 3.97. The lowest BCUT2D eigenvalue weighted by atomic mass is 9.90. The molecule has 4 nitrogen and oxygen atoms in total. The summed E-state index contributed by atoms with van der Waals surface area (Å²) in [4.78, 5) is 25.2. The molecule has 114 valence electrons. The van der Waals surface area contributed by atoms with Crippen LogP contribution in [0.2, 0.25) is 5.02 Å². The van der Waals surface area contributed by atoms with E-state index in [0.717, 1.165) is 12.0 Å². The highest BCUT2D eigenvalue weighted by Crippen LogP contribution is 2.24. The molecule has 1 aromatic rings. The molecule has 1 aliphatic heterocycles. The molecule has 0 aliphatic carbocycles. The average molecular weight is 310 g/mol. The summed E-state index contributed by atoms with van der Waals surface area (Å²) in [6, 6.07) is 7.22. The predicted octanol–water partition coefficient (Wildman–Crippen LogP) is 2.98. The number of aliphatic carboxylic acids is 1. The summed E-state index contributed by atoms with van der Waals surface area (Å²) in [5, 5.41) is 9.87. The second-order valence-corrected chi connectivity index (χ2v) is 5.98. The van der Waals surface area contributed by atoms with E-state index in [1.165, 1.54) is 0 Å². The maximum Gasteiger partial charge on any atom is 0.308 e. The molecule has 0 saturated carbocycles. The minimum Gasteiger partial charge on any atom is -0.481 e. The van der Waals surface area contributed by atoms with Crippen LogP contribution in [0.3, 0.4) is 0 Å². The molecule has 21 heavy (non-hydrogen) atoms. The highest BCUT2D eigenvalue weighted by atomic mass is 35.5. The Bertz CT molecular complexity index is 515. The lowest BCUT2D eigenvalue weighted by molar-refractivity contribution is -0.149. The van der Waals surface area contributed by atoms with Crippen LogP contribution in [0, 0.1) is 5.92 Å². The van der Waals surface area contributed by atoms with Crippen molar-refractivity contribution in [1.29, 1.82) is 0 Å². The van der Waals surface area contributed by atoms with Crippen molar-refractivity contribution in [3.8, 4) is 0 Å². The Morgan fingerprint density at radius 2 is 2.00 bits per heavy atom. The van der Waals surface area contributed by atoms with Gasteiger partial charge < -0.3 is 10.0 Å². The molecule has 1 N–H and O–H groups in total. The molecule has 1 fully saturated rings. The van der Waals surface area contributed by atoms with Gasteiger partial charge in [0.05, 0.1) is 5.92 Å². The summed E-state index contributed by atoms with van der Waals surface area (Å²) in [7, 11) is 0. The van der Waals surface area contributed by atoms with Gasteiger partial charge in [0.1, 0.15) is 0 Å². The van der Waals surface area contributed by atoms with Gasteiger partial charge in [-0.25, -0.2) is 0 Å². The fourth-order valence-corrected chi connectivity index (χ4v) is 3.00. The van der Waals surface area contributed by atoms with Crippen molar-refractivity contribution in [3.05, 3.63) is 34.9 Å². The molecular weight excluding hydrogens is 290 g/mol. The number of nitrogens with zero attached hydrogens (tertiary/aromatic N) is 1. The number of carboxylic acid groups (broad SMARTS) is 1. The second kappa shape index (κ2) is 6.94. The predicted molar refractivity (Wildman–Crippen MR) is 81.3 cm³/mol. The molecule has 0 bridgehead atoms. The van der Waals surface area contributed by atoms with Crippen LogP contribution in [0.25, 0.3) is 0 Å². The number of hydrogen-bond acceptors (Lipinski definition) is 2. The Morgan fingerprint density at radius 3 is 2.62 bits per heavy atom. The van der Waals surface area contributed by atoms with Crippen molar-refractivity contribution < 1.29 is 14.7 Å². The first-order chi connectivity index (χ1) is 9.99. The van der Waals surface area contributed by atoms with Gasteiger partial charge in [-0.05, 0) is 43.9 Å². The van der Waals surface area contributed by atoms with E-state index in [1.807, 2.05) is 31.2 Å². The van der Waals surface area contributed by atoms with E-state index in [2.05, 4.69) is 0 Å². The number of amides is 1. The molecule has 0 radical (unpaired) electrons. The van der Waals surface area contributed by atoms with Gasteiger partial charge >= 0.3 is 5.97 Å². The highest BCUT2D eigenvalue weighted by molar-refractivity contribution is 6.30. The topological polar surface area (TPSA) is 57.6 Å². The van der Waals surface area contributed by atoms with E-state index >= 15 is 0 Å². The molecule has 5 heteroatoms. The van der Waals surface area contributed by atoms with Crippen molar-refractivity contribution in [3.63, 3.8) is 0 Å². The number of rotatable bonds is 4. The molecule has 0 spiro atoms. The van der Waals surface area contributed by atoms with Gasteiger partial charge in [-0.1, -0.05) is 23.7 Å². The van der Waals surface area contributed by atoms with Crippen LogP contribution in [0.15, 0.2) is 24.3 Å². The smallest absolute Gasteiger partial charge is 0.308 e. The van der Waals surface area contributed by atoms with Gasteiger partial charge in [0.25, 0.3) is 0 Å². The zero-order valence-electron chi connectivity index (χ0n) is 12.1. The number of likely N-dealkylation sites (tertiary alicyclic amines) is 1. The van der Waals surface area contributed by atoms with Gasteiger partial charge in [-0.15, -0.1) is 0 Å². The number of piperidine rings is 1. The normalized spacial score (nSPS) is 22.1. The zero-order valence-corrected chi connectivity index (χ0v) is 12.8. The largest absolute Gasteiger partial charge is 0.481 e. The Balaban J connectivity index is 1.93. The maximum absolute atomic E-state index is 12.3. The van der Waals surface area contributed by atoms with E-state index in [-0.39, 0.29) is 11.9 Å². The van der Waals surface area contributed by atoms with Crippen molar-refractivity contribution in [2.45, 2.75) is 38.6 Å². The van der Waals surface area contributed by atoms with E-state index in [4.69, 9.17) is 11.6 Å². The summed E-state index contributed by atoms with van der Waals surface area (Å²) in [6.45, 7) is 2.49. The van der Waals surface area contributed by atoms with Crippen molar-refractivity contribution in [1.82, 2.24) is 4.90 Å². The van der Waals surface area contributed by atoms with Gasteiger partial charge in [0.15, 0.2) is 0 Å². The number of carbonyl (C=O) groups is 2. The molecular formula is C16H20ClNO3. The van der Waals surface area contributed by atoms with Crippen molar-refractivity contribution in [2.24, 2.45) is 5.92 Å². The lowest BCUT2D eigenvalue weighted by Crippen LogP contribution is -2.49. The van der Waals surface area contributed by atoms with Crippen LogP contribution in [0.1, 0.15) is 31.7 Å². The molecule has 1 amide bonds. The lowest BCUT2D eigenvalue weighted by Gasteiger charge is -2.37. The van der Waals surface area contributed by atoms with Crippen LogP contribution in [0.5, 0.6) is 0 Å². The Kier molecular flexibility index (Phi) is 5.23. The standard InChI is InChI=1S/C16H20ClNO3/c1-11-14(16(20)21)3-2-10-18(11)15(19)9-6-12-4-7-13(17)8-5-12/h4-5,7-8,11,14H,2-3,6,9-10H2,1H3,(H,20,21)/t11-,14-/m1/s1. The minimum absolute atomic E-state index is 0.0309. The quantitative estimate of drug-likeness (QED) is 0.930. The molecule has 2 rings (SSSR count). The van der Waals surface area contributed by atoms with Crippen LogP contribution < -0.4 is 0 Å². The molecule has 1 aromatic carbocycles. The van der Waals surface area contributed by atoms with E-state index in [1.54, 1.807) is 4.90 Å². The van der Waals surface area contributed by atoms with Gasteiger partial charge in [0, 0.05) is 24.0 Å². The van der Waals surface area contributed by atoms with Gasteiger partial charge in [-0.3, -0.25) is 9.59 Å². The summed E-state index contributed by atoms with van der Waals surface area (Å²) >= 11 is 5.83. The first-order valence-corrected chi connectivity index (χ1v) is 7.63. The number of benzene rings is 1. The van der Waals surface area contributed by atoms with E-state index in [9.17, 15) is 14.7 Å².